The van der Waals surface area contributed by atoms with Crippen LogP contribution in [0.3, 0.4) is 0 Å². The molecule has 0 atom stereocenters. The number of amides is 1. The molecule has 34 heavy (non-hydrogen) atoms. The fraction of sp³-hybridized carbons (Fsp3) is 0.0800. The van der Waals surface area contributed by atoms with E-state index in [1.54, 1.807) is 24.3 Å². The number of thiazole rings is 1. The van der Waals surface area contributed by atoms with Crippen LogP contribution >= 0.6 is 27.3 Å². The maximum Gasteiger partial charge on any atom is 0.271 e. The Morgan fingerprint density at radius 2 is 1.94 bits per heavy atom. The molecule has 0 aliphatic heterocycles. The highest BCUT2D eigenvalue weighted by Gasteiger charge is 2.10. The van der Waals surface area contributed by atoms with Crippen LogP contribution in [0.4, 0.5) is 10.8 Å². The quantitative estimate of drug-likeness (QED) is 0.184. The maximum absolute atomic E-state index is 12.5. The molecule has 0 fully saturated rings. The average Bonchev–Trinajstić information content (AvgIpc) is 3.31. The lowest BCUT2D eigenvalue weighted by Gasteiger charge is -2.08. The first-order valence-corrected chi connectivity index (χ1v) is 12.1. The Balaban J connectivity index is 1.38. The molecule has 4 aromatic rings. The predicted octanol–water partition coefficient (Wildman–Crippen LogP) is 6.18. The van der Waals surface area contributed by atoms with Crippen LogP contribution < -0.4 is 15.5 Å². The van der Waals surface area contributed by atoms with Crippen molar-refractivity contribution in [2.24, 2.45) is 5.10 Å². The molecule has 7 nitrogen and oxygen atoms in total. The van der Waals surface area contributed by atoms with Gasteiger partial charge in [-0.3, -0.25) is 4.79 Å². The minimum Gasteiger partial charge on any atom is -0.503 e. The lowest BCUT2D eigenvalue weighted by molar-refractivity contribution is 0.0955. The number of nitrogens with one attached hydrogen (secondary N) is 2. The number of halogens is 1. The average molecular weight is 537 g/mol. The molecule has 0 aliphatic rings. The molecule has 1 aromatic heterocycles. The highest BCUT2D eigenvalue weighted by atomic mass is 79.9. The number of carbonyl (C=O) groups excluding carboxylic acids is 1. The number of carbonyl (C=O) groups is 1. The topological polar surface area (TPSA) is 95.8 Å². The molecular weight excluding hydrogens is 516 g/mol. The number of phenolic OH excluding ortho intramolecular Hbond substituents is 1. The van der Waals surface area contributed by atoms with Gasteiger partial charge in [0, 0.05) is 22.2 Å². The number of ether oxygens (including phenoxy) is 1. The molecular formula is C25H21BrN4O3S. The Labute approximate surface area is 209 Å². The van der Waals surface area contributed by atoms with Crippen molar-refractivity contribution in [1.82, 2.24) is 10.4 Å². The number of hydrazone groups is 1. The fourth-order valence-electron chi connectivity index (χ4n) is 3.06. The van der Waals surface area contributed by atoms with Gasteiger partial charge in [-0.2, -0.15) is 5.10 Å². The van der Waals surface area contributed by atoms with Crippen molar-refractivity contribution in [2.45, 2.75) is 6.92 Å². The summed E-state index contributed by atoms with van der Waals surface area (Å²) in [5.41, 5.74) is 6.36. The second-order valence-electron chi connectivity index (χ2n) is 7.09. The van der Waals surface area contributed by atoms with Crippen LogP contribution in [0, 0.1) is 0 Å². The summed E-state index contributed by atoms with van der Waals surface area (Å²) in [7, 11) is 0. The summed E-state index contributed by atoms with van der Waals surface area (Å²) in [6.07, 6.45) is 1.48. The number of rotatable bonds is 8. The summed E-state index contributed by atoms with van der Waals surface area (Å²) in [5, 5.41) is 20.1. The van der Waals surface area contributed by atoms with Crippen LogP contribution in [0.1, 0.15) is 22.8 Å². The second-order valence-corrected chi connectivity index (χ2v) is 8.80. The number of hydrogen-bond donors (Lipinski definition) is 3. The van der Waals surface area contributed by atoms with Crippen LogP contribution in [0.25, 0.3) is 11.3 Å². The first kappa shape index (κ1) is 23.5. The van der Waals surface area contributed by atoms with E-state index in [2.05, 4.69) is 36.8 Å². The third-order valence-corrected chi connectivity index (χ3v) is 6.06. The number of para-hydroxylation sites is 1. The lowest BCUT2D eigenvalue weighted by atomic mass is 10.1. The molecule has 4 rings (SSSR count). The van der Waals surface area contributed by atoms with Gasteiger partial charge in [0.2, 0.25) is 0 Å². The molecule has 172 valence electrons. The van der Waals surface area contributed by atoms with Crippen molar-refractivity contribution >= 4 is 50.2 Å². The Morgan fingerprint density at radius 3 is 2.68 bits per heavy atom. The zero-order valence-electron chi connectivity index (χ0n) is 18.2. The zero-order chi connectivity index (χ0) is 23.9. The molecule has 0 bridgehead atoms. The summed E-state index contributed by atoms with van der Waals surface area (Å²) >= 11 is 4.80. The van der Waals surface area contributed by atoms with Gasteiger partial charge in [0.15, 0.2) is 16.6 Å². The summed E-state index contributed by atoms with van der Waals surface area (Å²) in [6, 6.07) is 20.3. The molecule has 0 aliphatic carbocycles. The van der Waals surface area contributed by atoms with Crippen LogP contribution in [0.5, 0.6) is 11.5 Å². The molecule has 0 unspecified atom stereocenters. The third-order valence-electron chi connectivity index (χ3n) is 4.70. The Bertz CT molecular complexity index is 1310. The van der Waals surface area contributed by atoms with E-state index in [9.17, 15) is 9.90 Å². The summed E-state index contributed by atoms with van der Waals surface area (Å²) < 4.78 is 5.87. The maximum atomic E-state index is 12.5. The first-order chi connectivity index (χ1) is 16.5. The highest BCUT2D eigenvalue weighted by Crippen LogP contribution is 2.35. The molecule has 1 heterocycles. The van der Waals surface area contributed by atoms with Gasteiger partial charge in [-0.1, -0.05) is 30.3 Å². The predicted molar refractivity (Wildman–Crippen MR) is 139 cm³/mol. The van der Waals surface area contributed by atoms with E-state index < -0.39 is 0 Å². The van der Waals surface area contributed by atoms with Crippen molar-refractivity contribution in [3.05, 3.63) is 87.7 Å². The molecule has 0 spiro atoms. The smallest absolute Gasteiger partial charge is 0.271 e. The van der Waals surface area contributed by atoms with Crippen LogP contribution in [-0.2, 0) is 0 Å². The summed E-state index contributed by atoms with van der Waals surface area (Å²) in [5.74, 6) is 0.0194. The normalized spacial score (nSPS) is 10.9. The van der Waals surface area contributed by atoms with Crippen molar-refractivity contribution < 1.29 is 14.6 Å². The Morgan fingerprint density at radius 1 is 1.18 bits per heavy atom. The molecule has 3 aromatic carbocycles. The van der Waals surface area contributed by atoms with E-state index in [0.717, 1.165) is 22.1 Å². The van der Waals surface area contributed by atoms with Gasteiger partial charge in [-0.05, 0) is 64.8 Å². The number of phenols is 1. The lowest BCUT2D eigenvalue weighted by Crippen LogP contribution is -2.17. The first-order valence-electron chi connectivity index (χ1n) is 10.4. The number of nitrogens with zero attached hydrogens (tertiary/aromatic N) is 2. The van der Waals surface area contributed by atoms with Gasteiger partial charge in [-0.25, -0.2) is 10.4 Å². The van der Waals surface area contributed by atoms with Crippen LogP contribution in [-0.4, -0.2) is 28.8 Å². The monoisotopic (exact) mass is 536 g/mol. The molecule has 0 saturated heterocycles. The minimum atomic E-state index is -0.338. The fourth-order valence-corrected chi connectivity index (χ4v) is 4.26. The van der Waals surface area contributed by atoms with Crippen molar-refractivity contribution in [3.63, 3.8) is 0 Å². The van der Waals surface area contributed by atoms with Gasteiger partial charge in [0.05, 0.1) is 23.0 Å². The van der Waals surface area contributed by atoms with Gasteiger partial charge < -0.3 is 15.2 Å². The van der Waals surface area contributed by atoms with Crippen molar-refractivity contribution in [1.29, 1.82) is 0 Å². The Kier molecular flexibility index (Phi) is 7.56. The number of aromatic hydroxyl groups is 1. The van der Waals surface area contributed by atoms with Gasteiger partial charge in [-0.15, -0.1) is 11.3 Å². The van der Waals surface area contributed by atoms with E-state index in [1.807, 2.05) is 54.8 Å². The van der Waals surface area contributed by atoms with Gasteiger partial charge in [0.25, 0.3) is 5.91 Å². The molecule has 0 saturated carbocycles. The van der Waals surface area contributed by atoms with E-state index in [0.29, 0.717) is 28.0 Å². The molecule has 3 N–H and O–H groups in total. The van der Waals surface area contributed by atoms with Gasteiger partial charge >= 0.3 is 0 Å². The SMILES string of the molecule is CCOc1cc(/C=N\NC(=O)c2ccc(-c3csc(Nc4ccccc4)n3)cc2)cc(Br)c1O. The summed E-state index contributed by atoms with van der Waals surface area (Å²) in [4.78, 5) is 17.1. The summed E-state index contributed by atoms with van der Waals surface area (Å²) in [6.45, 7) is 2.24. The van der Waals surface area contributed by atoms with Crippen molar-refractivity contribution in [2.75, 3.05) is 11.9 Å². The van der Waals surface area contributed by atoms with E-state index in [4.69, 9.17) is 4.74 Å². The Hall–Kier alpha value is -3.69. The molecule has 0 radical (unpaired) electrons. The highest BCUT2D eigenvalue weighted by molar-refractivity contribution is 9.10. The zero-order valence-corrected chi connectivity index (χ0v) is 20.6. The third kappa shape index (κ3) is 5.81. The van der Waals surface area contributed by atoms with Gasteiger partial charge in [0.1, 0.15) is 0 Å². The van der Waals surface area contributed by atoms with E-state index >= 15 is 0 Å². The van der Waals surface area contributed by atoms with Crippen LogP contribution in [0.2, 0.25) is 0 Å². The second kappa shape index (κ2) is 11.0. The standard InChI is InChI=1S/C25H21BrN4O3S/c1-2-33-22-13-16(12-20(26)23(22)31)14-27-30-24(32)18-10-8-17(9-11-18)21-15-34-25(29-21)28-19-6-4-3-5-7-19/h3-15,31H,2H2,1H3,(H,28,29)(H,30,32)/b27-14-. The number of anilines is 2. The minimum absolute atomic E-state index is 0.0196. The van der Waals surface area contributed by atoms with Crippen molar-refractivity contribution in [3.8, 4) is 22.8 Å². The molecule has 1 amide bonds. The molecule has 9 heteroatoms. The van der Waals surface area contributed by atoms with Crippen LogP contribution in [0.15, 0.2) is 81.7 Å². The number of benzene rings is 3. The number of hydrogen-bond acceptors (Lipinski definition) is 7. The largest absolute Gasteiger partial charge is 0.503 e. The number of aromatic nitrogens is 1. The van der Waals surface area contributed by atoms with E-state index in [1.165, 1.54) is 17.6 Å². The van der Waals surface area contributed by atoms with E-state index in [-0.39, 0.29) is 11.7 Å².